The van der Waals surface area contributed by atoms with Gasteiger partial charge in [0.2, 0.25) is 0 Å². The van der Waals surface area contributed by atoms with E-state index in [0.717, 1.165) is 0 Å². The Hall–Kier alpha value is -1.88. The molecule has 0 aliphatic heterocycles. The number of nitrogens with zero attached hydrogens (tertiary/aromatic N) is 1. The summed E-state index contributed by atoms with van der Waals surface area (Å²) in [7, 11) is 1.56. The van der Waals surface area contributed by atoms with Gasteiger partial charge in [-0.05, 0) is 24.3 Å². The number of carbonyl (C=O) groups is 1. The van der Waals surface area contributed by atoms with Crippen LogP contribution in [0.1, 0.15) is 15.9 Å². The van der Waals surface area contributed by atoms with Crippen molar-refractivity contribution < 1.29 is 14.3 Å². The molecule has 0 aromatic heterocycles. The minimum Gasteiger partial charge on any atom is -0.508 e. The Kier molecular flexibility index (Phi) is 4.39. The molecule has 2 rings (SSSR count). The van der Waals surface area contributed by atoms with Crippen molar-refractivity contribution in [1.82, 2.24) is 4.90 Å². The van der Waals surface area contributed by atoms with Crippen molar-refractivity contribution in [2.24, 2.45) is 0 Å². The molecule has 2 aromatic carbocycles. The first kappa shape index (κ1) is 14.5. The third-order valence-corrected chi connectivity index (χ3v) is 3.40. The van der Waals surface area contributed by atoms with Crippen LogP contribution >= 0.6 is 15.9 Å². The Morgan fingerprint density at radius 3 is 2.70 bits per heavy atom. The number of carbonyl (C=O) groups excluding carboxylic acids is 1. The van der Waals surface area contributed by atoms with E-state index < -0.39 is 11.7 Å². The van der Waals surface area contributed by atoms with E-state index in [4.69, 9.17) is 0 Å². The molecule has 2 aromatic rings. The molecule has 5 heteroatoms. The number of hydrogen-bond donors (Lipinski definition) is 1. The molecule has 1 amide bonds. The molecule has 0 bridgehead atoms. The summed E-state index contributed by atoms with van der Waals surface area (Å²) in [4.78, 5) is 13.6. The molecular formula is C15H13BrFNO2. The van der Waals surface area contributed by atoms with Gasteiger partial charge < -0.3 is 10.0 Å². The van der Waals surface area contributed by atoms with Crippen molar-refractivity contribution in [2.75, 3.05) is 7.05 Å². The minimum atomic E-state index is -0.567. The lowest BCUT2D eigenvalue weighted by molar-refractivity contribution is 0.0779. The molecule has 104 valence electrons. The van der Waals surface area contributed by atoms with E-state index in [-0.39, 0.29) is 17.9 Å². The van der Waals surface area contributed by atoms with Gasteiger partial charge in [0.05, 0.1) is 5.56 Å². The van der Waals surface area contributed by atoms with E-state index in [1.165, 1.54) is 23.1 Å². The van der Waals surface area contributed by atoms with Gasteiger partial charge >= 0.3 is 0 Å². The molecule has 1 N–H and O–H groups in total. The van der Waals surface area contributed by atoms with Gasteiger partial charge in [0.25, 0.3) is 5.91 Å². The van der Waals surface area contributed by atoms with E-state index in [1.807, 2.05) is 0 Å². The number of rotatable bonds is 3. The highest BCUT2D eigenvalue weighted by Crippen LogP contribution is 2.20. The molecule has 0 spiro atoms. The quantitative estimate of drug-likeness (QED) is 0.930. The van der Waals surface area contributed by atoms with Crippen molar-refractivity contribution >= 4 is 21.8 Å². The van der Waals surface area contributed by atoms with Crippen LogP contribution in [0, 0.1) is 5.82 Å². The molecule has 0 unspecified atom stereocenters. The first-order valence-electron chi connectivity index (χ1n) is 5.96. The number of hydrogen-bond acceptors (Lipinski definition) is 2. The molecule has 0 fully saturated rings. The van der Waals surface area contributed by atoms with E-state index >= 15 is 0 Å². The molecule has 0 aliphatic carbocycles. The van der Waals surface area contributed by atoms with Crippen LogP contribution in [0.4, 0.5) is 4.39 Å². The van der Waals surface area contributed by atoms with Crippen molar-refractivity contribution in [3.63, 3.8) is 0 Å². The standard InChI is InChI=1S/C15H13BrFNO2/c1-18(9-10-4-2-3-5-14(10)19)15(20)12-8-11(16)6-7-13(12)17/h2-8,19H,9H2,1H3. The number of aromatic hydroxyl groups is 1. The molecule has 0 radical (unpaired) electrons. The number of amides is 1. The Balaban J connectivity index is 2.21. The van der Waals surface area contributed by atoms with Crippen LogP contribution in [0.5, 0.6) is 5.75 Å². The lowest BCUT2D eigenvalue weighted by Gasteiger charge is -2.18. The minimum absolute atomic E-state index is 0.00250. The lowest BCUT2D eigenvalue weighted by Crippen LogP contribution is -2.27. The monoisotopic (exact) mass is 337 g/mol. The summed E-state index contributed by atoms with van der Waals surface area (Å²) in [5.74, 6) is -0.892. The highest BCUT2D eigenvalue weighted by Gasteiger charge is 2.17. The molecule has 0 heterocycles. The lowest BCUT2D eigenvalue weighted by atomic mass is 10.1. The van der Waals surface area contributed by atoms with E-state index in [2.05, 4.69) is 15.9 Å². The average molecular weight is 338 g/mol. The first-order chi connectivity index (χ1) is 9.49. The maximum Gasteiger partial charge on any atom is 0.256 e. The Morgan fingerprint density at radius 1 is 1.30 bits per heavy atom. The molecular weight excluding hydrogens is 325 g/mol. The summed E-state index contributed by atoms with van der Waals surface area (Å²) in [6.07, 6.45) is 0. The molecule has 0 atom stereocenters. The Labute approximate surface area is 124 Å². The normalized spacial score (nSPS) is 10.3. The van der Waals surface area contributed by atoms with Crippen molar-refractivity contribution in [1.29, 1.82) is 0 Å². The number of para-hydroxylation sites is 1. The second-order valence-electron chi connectivity index (χ2n) is 4.41. The predicted molar refractivity (Wildman–Crippen MR) is 78.0 cm³/mol. The second-order valence-corrected chi connectivity index (χ2v) is 5.33. The Bertz CT molecular complexity index is 646. The highest BCUT2D eigenvalue weighted by atomic mass is 79.9. The van der Waals surface area contributed by atoms with Crippen molar-refractivity contribution in [2.45, 2.75) is 6.54 Å². The van der Waals surface area contributed by atoms with Crippen molar-refractivity contribution in [3.8, 4) is 5.75 Å². The molecule has 0 saturated carbocycles. The molecule has 20 heavy (non-hydrogen) atoms. The van der Waals surface area contributed by atoms with Crippen LogP contribution in [0.2, 0.25) is 0 Å². The van der Waals surface area contributed by atoms with E-state index in [9.17, 15) is 14.3 Å². The SMILES string of the molecule is CN(Cc1ccccc1O)C(=O)c1cc(Br)ccc1F. The summed E-state index contributed by atoms with van der Waals surface area (Å²) in [6.45, 7) is 0.206. The number of phenolic OH excluding ortho intramolecular Hbond substituents is 1. The van der Waals surface area contributed by atoms with Crippen LogP contribution in [-0.4, -0.2) is 23.0 Å². The number of benzene rings is 2. The van der Waals surface area contributed by atoms with E-state index in [1.54, 1.807) is 31.3 Å². The maximum atomic E-state index is 13.7. The molecule has 0 saturated heterocycles. The zero-order valence-electron chi connectivity index (χ0n) is 10.8. The fraction of sp³-hybridized carbons (Fsp3) is 0.133. The summed E-state index contributed by atoms with van der Waals surface area (Å²) in [5.41, 5.74) is 0.607. The third-order valence-electron chi connectivity index (χ3n) is 2.90. The number of phenols is 1. The molecule has 3 nitrogen and oxygen atoms in total. The first-order valence-corrected chi connectivity index (χ1v) is 6.75. The largest absolute Gasteiger partial charge is 0.508 e. The van der Waals surface area contributed by atoms with Gasteiger partial charge in [-0.15, -0.1) is 0 Å². The van der Waals surface area contributed by atoms with Gasteiger partial charge in [-0.25, -0.2) is 4.39 Å². The van der Waals surface area contributed by atoms with Crippen LogP contribution in [0.25, 0.3) is 0 Å². The van der Waals surface area contributed by atoms with Crippen molar-refractivity contribution in [3.05, 3.63) is 63.9 Å². The summed E-state index contributed by atoms with van der Waals surface area (Å²) >= 11 is 3.21. The third kappa shape index (κ3) is 3.17. The topological polar surface area (TPSA) is 40.5 Å². The average Bonchev–Trinajstić information content (AvgIpc) is 2.43. The summed E-state index contributed by atoms with van der Waals surface area (Å²) in [5, 5.41) is 9.69. The van der Waals surface area contributed by atoms with E-state index in [0.29, 0.717) is 10.0 Å². The maximum absolute atomic E-state index is 13.7. The van der Waals surface area contributed by atoms with Crippen LogP contribution < -0.4 is 0 Å². The summed E-state index contributed by atoms with van der Waals surface area (Å²) in [6, 6.07) is 11.0. The molecule has 0 aliphatic rings. The fourth-order valence-electron chi connectivity index (χ4n) is 1.84. The van der Waals surface area contributed by atoms with Crippen LogP contribution in [0.15, 0.2) is 46.9 Å². The van der Waals surface area contributed by atoms with Gasteiger partial charge in [0.1, 0.15) is 11.6 Å². The van der Waals surface area contributed by atoms with Gasteiger partial charge in [0, 0.05) is 23.6 Å². The highest BCUT2D eigenvalue weighted by molar-refractivity contribution is 9.10. The smallest absolute Gasteiger partial charge is 0.256 e. The van der Waals surface area contributed by atoms with Gasteiger partial charge in [-0.1, -0.05) is 34.1 Å². The predicted octanol–water partition coefficient (Wildman–Crippen LogP) is 3.57. The second kappa shape index (κ2) is 6.05. The summed E-state index contributed by atoms with van der Waals surface area (Å²) < 4.78 is 14.3. The van der Waals surface area contributed by atoms with Gasteiger partial charge in [-0.3, -0.25) is 4.79 Å². The van der Waals surface area contributed by atoms with Gasteiger partial charge in [-0.2, -0.15) is 0 Å². The Morgan fingerprint density at radius 2 is 2.00 bits per heavy atom. The zero-order chi connectivity index (χ0) is 14.7. The fourth-order valence-corrected chi connectivity index (χ4v) is 2.20. The number of halogens is 2. The zero-order valence-corrected chi connectivity index (χ0v) is 12.4. The van der Waals surface area contributed by atoms with Crippen LogP contribution in [0.3, 0.4) is 0 Å². The van der Waals surface area contributed by atoms with Crippen LogP contribution in [-0.2, 0) is 6.54 Å². The van der Waals surface area contributed by atoms with Gasteiger partial charge in [0.15, 0.2) is 0 Å².